The van der Waals surface area contributed by atoms with Crippen molar-refractivity contribution in [1.82, 2.24) is 5.32 Å². The molecule has 1 saturated heterocycles. The molecule has 1 heterocycles. The van der Waals surface area contributed by atoms with Crippen molar-refractivity contribution in [1.29, 1.82) is 5.26 Å². The Morgan fingerprint density at radius 1 is 1.18 bits per heavy atom. The van der Waals surface area contributed by atoms with Crippen molar-refractivity contribution < 1.29 is 0 Å². The monoisotopic (exact) mass is 172 g/mol. The molecule has 0 spiro atoms. The fourth-order valence-electron chi connectivity index (χ4n) is 2.09. The Balaban J connectivity index is 0.000000605. The van der Waals surface area contributed by atoms with Crippen molar-refractivity contribution in [2.45, 2.75) is 12.8 Å². The molecule has 0 radical (unpaired) electrons. The summed E-state index contributed by atoms with van der Waals surface area (Å²) in [5.74, 6) is 1.92. The number of fused-ring (bicyclic) bond motifs is 1. The highest BCUT2D eigenvalue weighted by Crippen LogP contribution is 2.50. The summed E-state index contributed by atoms with van der Waals surface area (Å²) in [5, 5.41) is 12.0. The summed E-state index contributed by atoms with van der Waals surface area (Å²) in [6, 6.07) is 2.38. The SMILES string of the molecule is Cl.N#CC1[C@H]2CCNCC[C@@H]12. The van der Waals surface area contributed by atoms with Gasteiger partial charge in [-0.2, -0.15) is 5.26 Å². The van der Waals surface area contributed by atoms with Gasteiger partial charge in [0.25, 0.3) is 0 Å². The van der Waals surface area contributed by atoms with Gasteiger partial charge >= 0.3 is 0 Å². The van der Waals surface area contributed by atoms with Crippen LogP contribution in [0.25, 0.3) is 0 Å². The van der Waals surface area contributed by atoms with Gasteiger partial charge in [0.05, 0.1) is 12.0 Å². The zero-order chi connectivity index (χ0) is 6.97. The predicted octanol–water partition coefficient (Wildman–Crippen LogP) is 1.18. The molecule has 1 unspecified atom stereocenters. The molecule has 3 heteroatoms. The van der Waals surface area contributed by atoms with E-state index in [2.05, 4.69) is 11.4 Å². The first-order valence-corrected chi connectivity index (χ1v) is 4.04. The molecule has 2 rings (SSSR count). The quantitative estimate of drug-likeness (QED) is 0.596. The Morgan fingerprint density at radius 2 is 1.73 bits per heavy atom. The predicted molar refractivity (Wildman–Crippen MR) is 45.4 cm³/mol. The van der Waals surface area contributed by atoms with E-state index in [1.165, 1.54) is 12.8 Å². The lowest BCUT2D eigenvalue weighted by atomic mass is 10.2. The summed E-state index contributed by atoms with van der Waals surface area (Å²) in [7, 11) is 0. The molecule has 11 heavy (non-hydrogen) atoms. The van der Waals surface area contributed by atoms with Crippen LogP contribution in [0.4, 0.5) is 0 Å². The molecule has 62 valence electrons. The van der Waals surface area contributed by atoms with Crippen LogP contribution in [0.3, 0.4) is 0 Å². The van der Waals surface area contributed by atoms with E-state index >= 15 is 0 Å². The zero-order valence-corrected chi connectivity index (χ0v) is 7.23. The second kappa shape index (κ2) is 3.42. The fourth-order valence-corrected chi connectivity index (χ4v) is 2.09. The third kappa shape index (κ3) is 1.50. The van der Waals surface area contributed by atoms with E-state index in [-0.39, 0.29) is 12.4 Å². The molecule has 0 aromatic heterocycles. The average Bonchev–Trinajstić information content (AvgIpc) is 2.59. The van der Waals surface area contributed by atoms with Crippen molar-refractivity contribution in [2.75, 3.05) is 13.1 Å². The molecule has 1 aliphatic carbocycles. The van der Waals surface area contributed by atoms with Crippen molar-refractivity contribution in [3.63, 3.8) is 0 Å². The van der Waals surface area contributed by atoms with E-state index in [1.807, 2.05) is 0 Å². The van der Waals surface area contributed by atoms with Crippen molar-refractivity contribution in [3.05, 3.63) is 0 Å². The zero-order valence-electron chi connectivity index (χ0n) is 6.42. The minimum absolute atomic E-state index is 0. The Labute approximate surface area is 73.4 Å². The van der Waals surface area contributed by atoms with Gasteiger partial charge < -0.3 is 5.32 Å². The lowest BCUT2D eigenvalue weighted by Crippen LogP contribution is -2.15. The van der Waals surface area contributed by atoms with Crippen LogP contribution in [0.15, 0.2) is 0 Å². The second-order valence-electron chi connectivity index (χ2n) is 3.31. The molecule has 1 N–H and O–H groups in total. The molecule has 0 bridgehead atoms. The number of halogens is 1. The third-order valence-electron chi connectivity index (χ3n) is 2.79. The van der Waals surface area contributed by atoms with Crippen LogP contribution < -0.4 is 5.32 Å². The third-order valence-corrected chi connectivity index (χ3v) is 2.79. The topological polar surface area (TPSA) is 35.8 Å². The fraction of sp³-hybridized carbons (Fsp3) is 0.875. The molecule has 2 fully saturated rings. The molecule has 2 nitrogen and oxygen atoms in total. The Morgan fingerprint density at radius 3 is 2.18 bits per heavy atom. The lowest BCUT2D eigenvalue weighted by Gasteiger charge is -1.97. The molecule has 1 saturated carbocycles. The number of hydrogen-bond acceptors (Lipinski definition) is 2. The summed E-state index contributed by atoms with van der Waals surface area (Å²) in [5.41, 5.74) is 0. The molecule has 1 aliphatic heterocycles. The van der Waals surface area contributed by atoms with Gasteiger partial charge in [-0.05, 0) is 37.8 Å². The first kappa shape index (κ1) is 8.83. The smallest absolute Gasteiger partial charge is 0.0661 e. The number of rotatable bonds is 0. The van der Waals surface area contributed by atoms with E-state index < -0.39 is 0 Å². The number of nitrogens with zero attached hydrogens (tertiary/aromatic N) is 1. The molecule has 3 atom stereocenters. The van der Waals surface area contributed by atoms with Gasteiger partial charge in [0.2, 0.25) is 0 Å². The van der Waals surface area contributed by atoms with Crippen LogP contribution in [0.2, 0.25) is 0 Å². The maximum atomic E-state index is 8.66. The van der Waals surface area contributed by atoms with Gasteiger partial charge in [0, 0.05) is 0 Å². The van der Waals surface area contributed by atoms with Gasteiger partial charge in [-0.3, -0.25) is 0 Å². The van der Waals surface area contributed by atoms with Crippen LogP contribution in [0.1, 0.15) is 12.8 Å². The van der Waals surface area contributed by atoms with Crippen molar-refractivity contribution >= 4 is 12.4 Å². The summed E-state index contributed by atoms with van der Waals surface area (Å²) in [4.78, 5) is 0. The maximum absolute atomic E-state index is 8.66. The highest BCUT2D eigenvalue weighted by molar-refractivity contribution is 5.85. The van der Waals surface area contributed by atoms with E-state index in [0.717, 1.165) is 24.9 Å². The highest BCUT2D eigenvalue weighted by Gasteiger charge is 2.49. The Hall–Kier alpha value is -0.260. The van der Waals surface area contributed by atoms with Gasteiger partial charge in [-0.15, -0.1) is 12.4 Å². The van der Waals surface area contributed by atoms with Crippen LogP contribution in [0, 0.1) is 29.1 Å². The molecular formula is C8H13ClN2. The summed E-state index contributed by atoms with van der Waals surface area (Å²) in [6.07, 6.45) is 2.45. The Bertz CT molecular complexity index is 163. The summed E-state index contributed by atoms with van der Waals surface area (Å²) >= 11 is 0. The van der Waals surface area contributed by atoms with E-state index in [0.29, 0.717) is 5.92 Å². The lowest BCUT2D eigenvalue weighted by molar-refractivity contribution is 0.624. The molecule has 0 aromatic carbocycles. The first-order valence-electron chi connectivity index (χ1n) is 4.04. The molecular weight excluding hydrogens is 160 g/mol. The molecule has 0 aromatic rings. The van der Waals surface area contributed by atoms with Gasteiger partial charge in [-0.25, -0.2) is 0 Å². The van der Waals surface area contributed by atoms with Gasteiger partial charge in [0.15, 0.2) is 0 Å². The maximum Gasteiger partial charge on any atom is 0.0661 e. The van der Waals surface area contributed by atoms with Crippen molar-refractivity contribution in [3.8, 4) is 6.07 Å². The minimum Gasteiger partial charge on any atom is -0.317 e. The van der Waals surface area contributed by atoms with Gasteiger partial charge in [0.1, 0.15) is 0 Å². The van der Waals surface area contributed by atoms with E-state index in [4.69, 9.17) is 5.26 Å². The standard InChI is InChI=1S/C8H12N2.ClH/c9-5-8-6-1-3-10-4-2-7(6)8;/h6-8,10H,1-4H2;1H/t6-,7+,8?;. The minimum atomic E-state index is 0. The van der Waals surface area contributed by atoms with Crippen LogP contribution in [-0.4, -0.2) is 13.1 Å². The molecule has 0 amide bonds. The largest absolute Gasteiger partial charge is 0.317 e. The average molecular weight is 173 g/mol. The highest BCUT2D eigenvalue weighted by atomic mass is 35.5. The van der Waals surface area contributed by atoms with E-state index in [9.17, 15) is 0 Å². The first-order chi connectivity index (χ1) is 4.93. The van der Waals surface area contributed by atoms with Gasteiger partial charge in [-0.1, -0.05) is 0 Å². The van der Waals surface area contributed by atoms with Crippen LogP contribution in [0.5, 0.6) is 0 Å². The number of hydrogen-bond donors (Lipinski definition) is 1. The Kier molecular flexibility index (Phi) is 2.75. The van der Waals surface area contributed by atoms with Crippen molar-refractivity contribution in [2.24, 2.45) is 17.8 Å². The van der Waals surface area contributed by atoms with Crippen LogP contribution in [-0.2, 0) is 0 Å². The number of nitrogens with one attached hydrogen (secondary N) is 1. The number of nitriles is 1. The second-order valence-corrected chi connectivity index (χ2v) is 3.31. The van der Waals surface area contributed by atoms with Crippen LogP contribution >= 0.6 is 12.4 Å². The summed E-state index contributed by atoms with van der Waals surface area (Å²) < 4.78 is 0. The normalized spacial score (nSPS) is 40.8. The summed E-state index contributed by atoms with van der Waals surface area (Å²) in [6.45, 7) is 2.25. The van der Waals surface area contributed by atoms with E-state index in [1.54, 1.807) is 0 Å². The molecule has 2 aliphatic rings.